The lowest BCUT2D eigenvalue weighted by Gasteiger charge is -2.34. The Bertz CT molecular complexity index is 1150. The number of sulfonamides is 1. The molecule has 0 N–H and O–H groups in total. The minimum absolute atomic E-state index is 0.171. The van der Waals surface area contributed by atoms with Gasteiger partial charge in [0.05, 0.1) is 19.1 Å². The molecule has 178 valence electrons. The molecular formula is C25H32N2O5S. The maximum absolute atomic E-state index is 13.4. The second-order valence-corrected chi connectivity index (χ2v) is 10.1. The molecular weight excluding hydrogens is 440 g/mol. The lowest BCUT2D eigenvalue weighted by Crippen LogP contribution is -2.50. The third-order valence-corrected chi connectivity index (χ3v) is 8.46. The number of benzene rings is 2. The van der Waals surface area contributed by atoms with E-state index in [1.54, 1.807) is 43.4 Å². The maximum atomic E-state index is 13.4. The van der Waals surface area contributed by atoms with Gasteiger partial charge in [0.25, 0.3) is 0 Å². The first kappa shape index (κ1) is 24.8. The predicted octanol–water partition coefficient (Wildman–Crippen LogP) is 3.48. The van der Waals surface area contributed by atoms with Gasteiger partial charge in [0.2, 0.25) is 15.9 Å². The summed E-state index contributed by atoms with van der Waals surface area (Å²) >= 11 is 0. The molecule has 1 saturated heterocycles. The van der Waals surface area contributed by atoms with E-state index in [0.29, 0.717) is 29.5 Å². The first-order valence-electron chi connectivity index (χ1n) is 10.9. The van der Waals surface area contributed by atoms with E-state index in [2.05, 4.69) is 0 Å². The Balaban J connectivity index is 1.73. The molecule has 1 aliphatic heterocycles. The smallest absolute Gasteiger partial charge is 0.246 e. The topological polar surface area (TPSA) is 76.2 Å². The van der Waals surface area contributed by atoms with Gasteiger partial charge < -0.3 is 14.4 Å². The monoisotopic (exact) mass is 472 g/mol. The molecule has 0 atom stereocenters. The standard InChI is InChI=1S/C25H32N2O5S/c1-17-15-18(2)20(4)25(19(17)3)33(29,30)27-13-11-26(12-14-27)24(28)10-7-21-16-22(31-5)8-9-23(21)32-6/h7-10,15-16H,11-14H2,1-6H3/b10-7+. The van der Waals surface area contributed by atoms with Crippen LogP contribution in [0, 0.1) is 27.7 Å². The Hall–Kier alpha value is -2.84. The number of amides is 1. The van der Waals surface area contributed by atoms with Gasteiger partial charge in [-0.3, -0.25) is 4.79 Å². The predicted molar refractivity (Wildman–Crippen MR) is 129 cm³/mol. The summed E-state index contributed by atoms with van der Waals surface area (Å²) in [5.41, 5.74) is 4.22. The fourth-order valence-corrected chi connectivity index (χ4v) is 6.08. The van der Waals surface area contributed by atoms with E-state index in [-0.39, 0.29) is 19.0 Å². The lowest BCUT2D eigenvalue weighted by atomic mass is 10.0. The zero-order valence-corrected chi connectivity index (χ0v) is 21.0. The zero-order valence-electron chi connectivity index (χ0n) is 20.1. The van der Waals surface area contributed by atoms with Crippen LogP contribution in [0.1, 0.15) is 27.8 Å². The number of hydrogen-bond donors (Lipinski definition) is 0. The molecule has 1 fully saturated rings. The van der Waals surface area contributed by atoms with E-state index in [1.807, 2.05) is 33.8 Å². The Morgan fingerprint density at radius 3 is 2.06 bits per heavy atom. The fourth-order valence-electron chi connectivity index (χ4n) is 4.08. The number of rotatable bonds is 6. The molecule has 1 amide bonds. The van der Waals surface area contributed by atoms with Crippen LogP contribution in [-0.4, -0.2) is 63.9 Å². The van der Waals surface area contributed by atoms with Gasteiger partial charge in [0.15, 0.2) is 0 Å². The molecule has 2 aromatic rings. The molecule has 0 radical (unpaired) electrons. The summed E-state index contributed by atoms with van der Waals surface area (Å²) in [5, 5.41) is 0. The molecule has 0 spiro atoms. The number of carbonyl (C=O) groups excluding carboxylic acids is 1. The largest absolute Gasteiger partial charge is 0.497 e. The summed E-state index contributed by atoms with van der Waals surface area (Å²) in [6, 6.07) is 7.38. The van der Waals surface area contributed by atoms with Crippen molar-refractivity contribution in [2.45, 2.75) is 32.6 Å². The number of hydrogen-bond acceptors (Lipinski definition) is 5. The van der Waals surface area contributed by atoms with Crippen molar-refractivity contribution < 1.29 is 22.7 Å². The third-order valence-electron chi connectivity index (χ3n) is 6.29. The van der Waals surface area contributed by atoms with E-state index in [1.165, 1.54) is 10.4 Å². The van der Waals surface area contributed by atoms with Crippen LogP contribution in [0.3, 0.4) is 0 Å². The molecule has 0 aromatic heterocycles. The van der Waals surface area contributed by atoms with Crippen LogP contribution in [0.25, 0.3) is 6.08 Å². The van der Waals surface area contributed by atoms with Crippen LogP contribution in [0.15, 0.2) is 35.2 Å². The van der Waals surface area contributed by atoms with E-state index in [9.17, 15) is 13.2 Å². The minimum atomic E-state index is -3.64. The Labute approximate surface area is 196 Å². The van der Waals surface area contributed by atoms with Crippen LogP contribution in [0.5, 0.6) is 11.5 Å². The van der Waals surface area contributed by atoms with Gasteiger partial charge in [-0.1, -0.05) is 6.07 Å². The molecule has 0 bridgehead atoms. The van der Waals surface area contributed by atoms with Gasteiger partial charge in [0.1, 0.15) is 11.5 Å². The van der Waals surface area contributed by atoms with Crippen molar-refractivity contribution in [3.05, 3.63) is 58.2 Å². The molecule has 1 heterocycles. The quantitative estimate of drug-likeness (QED) is 0.602. The molecule has 33 heavy (non-hydrogen) atoms. The second-order valence-electron chi connectivity index (χ2n) is 8.26. The Kier molecular flexibility index (Phi) is 7.49. The van der Waals surface area contributed by atoms with Gasteiger partial charge in [0, 0.05) is 37.8 Å². The Morgan fingerprint density at radius 2 is 1.52 bits per heavy atom. The van der Waals surface area contributed by atoms with Crippen molar-refractivity contribution in [1.29, 1.82) is 0 Å². The molecule has 0 unspecified atom stereocenters. The number of aryl methyl sites for hydroxylation is 2. The number of piperazine rings is 1. The van der Waals surface area contributed by atoms with Crippen LogP contribution in [0.2, 0.25) is 0 Å². The van der Waals surface area contributed by atoms with Crippen molar-refractivity contribution >= 4 is 22.0 Å². The second kappa shape index (κ2) is 9.97. The normalized spacial score (nSPS) is 15.2. The van der Waals surface area contributed by atoms with Gasteiger partial charge in [-0.15, -0.1) is 0 Å². The first-order valence-corrected chi connectivity index (χ1v) is 12.3. The number of ether oxygens (including phenoxy) is 2. The molecule has 0 saturated carbocycles. The average Bonchev–Trinajstić information content (AvgIpc) is 2.81. The number of carbonyl (C=O) groups is 1. The summed E-state index contributed by atoms with van der Waals surface area (Å²) in [4.78, 5) is 14.8. The van der Waals surface area contributed by atoms with Gasteiger partial charge >= 0.3 is 0 Å². The molecule has 0 aliphatic carbocycles. The maximum Gasteiger partial charge on any atom is 0.246 e. The lowest BCUT2D eigenvalue weighted by molar-refractivity contribution is -0.127. The van der Waals surface area contributed by atoms with Gasteiger partial charge in [-0.25, -0.2) is 8.42 Å². The van der Waals surface area contributed by atoms with Gasteiger partial charge in [-0.2, -0.15) is 4.31 Å². The molecule has 1 aliphatic rings. The number of nitrogens with zero attached hydrogens (tertiary/aromatic N) is 2. The minimum Gasteiger partial charge on any atom is -0.497 e. The zero-order chi connectivity index (χ0) is 24.3. The van der Waals surface area contributed by atoms with E-state index < -0.39 is 10.0 Å². The van der Waals surface area contributed by atoms with Crippen LogP contribution in [-0.2, 0) is 14.8 Å². The van der Waals surface area contributed by atoms with Gasteiger partial charge in [-0.05, 0) is 74.2 Å². The third kappa shape index (κ3) is 5.07. The molecule has 8 heteroatoms. The van der Waals surface area contributed by atoms with Crippen molar-refractivity contribution in [3.8, 4) is 11.5 Å². The van der Waals surface area contributed by atoms with Crippen molar-refractivity contribution in [3.63, 3.8) is 0 Å². The summed E-state index contributed by atoms with van der Waals surface area (Å²) in [7, 11) is -0.495. The molecule has 3 rings (SSSR count). The van der Waals surface area contributed by atoms with Crippen molar-refractivity contribution in [1.82, 2.24) is 9.21 Å². The van der Waals surface area contributed by atoms with Crippen LogP contribution in [0.4, 0.5) is 0 Å². The van der Waals surface area contributed by atoms with E-state index in [0.717, 1.165) is 27.8 Å². The molecule has 2 aromatic carbocycles. The first-order chi connectivity index (χ1) is 15.6. The average molecular weight is 473 g/mol. The van der Waals surface area contributed by atoms with E-state index in [4.69, 9.17) is 9.47 Å². The number of methoxy groups -OCH3 is 2. The van der Waals surface area contributed by atoms with E-state index >= 15 is 0 Å². The highest BCUT2D eigenvalue weighted by molar-refractivity contribution is 7.89. The van der Waals surface area contributed by atoms with Crippen LogP contribution >= 0.6 is 0 Å². The van der Waals surface area contributed by atoms with Crippen LogP contribution < -0.4 is 9.47 Å². The summed E-state index contributed by atoms with van der Waals surface area (Å²) in [6.45, 7) is 8.76. The highest BCUT2D eigenvalue weighted by atomic mass is 32.2. The summed E-state index contributed by atoms with van der Waals surface area (Å²) < 4.78 is 38.9. The van der Waals surface area contributed by atoms with Crippen molar-refractivity contribution in [2.24, 2.45) is 0 Å². The highest BCUT2D eigenvalue weighted by Crippen LogP contribution is 2.29. The fraction of sp³-hybridized carbons (Fsp3) is 0.400. The van der Waals surface area contributed by atoms with Crippen molar-refractivity contribution in [2.75, 3.05) is 40.4 Å². The summed E-state index contributed by atoms with van der Waals surface area (Å²) in [5.74, 6) is 1.13. The SMILES string of the molecule is COc1ccc(OC)c(/C=C/C(=O)N2CCN(S(=O)(=O)c3c(C)c(C)cc(C)c3C)CC2)c1. The highest BCUT2D eigenvalue weighted by Gasteiger charge is 2.32. The molecule has 7 nitrogen and oxygen atoms in total. The Morgan fingerprint density at radius 1 is 0.909 bits per heavy atom. The summed E-state index contributed by atoms with van der Waals surface area (Å²) in [6.07, 6.45) is 3.18.